The van der Waals surface area contributed by atoms with Crippen LogP contribution in [0.3, 0.4) is 0 Å². The summed E-state index contributed by atoms with van der Waals surface area (Å²) in [6.45, 7) is 4.02. The molecule has 0 bridgehead atoms. The van der Waals surface area contributed by atoms with E-state index in [-0.39, 0.29) is 11.4 Å². The van der Waals surface area contributed by atoms with Crippen molar-refractivity contribution >= 4 is 17.5 Å². The predicted octanol–water partition coefficient (Wildman–Crippen LogP) is 2.62. The SMILES string of the molecule is CCC(CC)(CCl)NC(=O)c1ccncc1OC. The van der Waals surface area contributed by atoms with Crippen LogP contribution in [-0.4, -0.2) is 29.4 Å². The Labute approximate surface area is 113 Å². The zero-order valence-electron chi connectivity index (χ0n) is 11.0. The van der Waals surface area contributed by atoms with E-state index in [0.717, 1.165) is 12.8 Å². The van der Waals surface area contributed by atoms with Crippen LogP contribution in [0, 0.1) is 0 Å². The zero-order valence-corrected chi connectivity index (χ0v) is 11.8. The minimum Gasteiger partial charge on any atom is -0.494 e. The number of pyridine rings is 1. The van der Waals surface area contributed by atoms with Crippen molar-refractivity contribution in [1.82, 2.24) is 10.3 Å². The lowest BCUT2D eigenvalue weighted by atomic mass is 9.94. The van der Waals surface area contributed by atoms with Crippen LogP contribution in [0.5, 0.6) is 5.75 Å². The summed E-state index contributed by atoms with van der Waals surface area (Å²) >= 11 is 5.97. The van der Waals surface area contributed by atoms with Gasteiger partial charge in [0, 0.05) is 12.1 Å². The van der Waals surface area contributed by atoms with Crippen LogP contribution in [0.25, 0.3) is 0 Å². The van der Waals surface area contributed by atoms with Crippen LogP contribution >= 0.6 is 11.6 Å². The highest BCUT2D eigenvalue weighted by Gasteiger charge is 2.28. The van der Waals surface area contributed by atoms with Crippen molar-refractivity contribution in [3.05, 3.63) is 24.0 Å². The van der Waals surface area contributed by atoms with E-state index in [1.165, 1.54) is 13.3 Å². The minimum atomic E-state index is -0.368. The Morgan fingerprint density at radius 2 is 2.17 bits per heavy atom. The molecule has 0 saturated heterocycles. The Balaban J connectivity index is 2.94. The Morgan fingerprint density at radius 3 is 2.67 bits per heavy atom. The van der Waals surface area contributed by atoms with Gasteiger partial charge in [0.05, 0.1) is 24.4 Å². The van der Waals surface area contributed by atoms with Gasteiger partial charge in [-0.1, -0.05) is 13.8 Å². The highest BCUT2D eigenvalue weighted by molar-refractivity contribution is 6.19. The maximum absolute atomic E-state index is 12.2. The summed E-state index contributed by atoms with van der Waals surface area (Å²) < 4.78 is 5.13. The number of ether oxygens (including phenoxy) is 1. The molecule has 4 nitrogen and oxygen atoms in total. The molecule has 1 rings (SSSR count). The number of nitrogens with zero attached hydrogens (tertiary/aromatic N) is 1. The summed E-state index contributed by atoms with van der Waals surface area (Å²) in [6.07, 6.45) is 4.66. The molecule has 0 saturated carbocycles. The molecule has 0 aliphatic carbocycles. The van der Waals surface area contributed by atoms with Gasteiger partial charge in [0.1, 0.15) is 5.75 Å². The normalized spacial score (nSPS) is 11.1. The lowest BCUT2D eigenvalue weighted by molar-refractivity contribution is 0.0899. The number of halogens is 1. The average Bonchev–Trinajstić information content (AvgIpc) is 2.44. The average molecular weight is 271 g/mol. The molecule has 1 aromatic rings. The monoisotopic (exact) mass is 270 g/mol. The standard InChI is InChI=1S/C13H19ClN2O2/c1-4-13(5-2,9-14)16-12(17)10-6-7-15-8-11(10)18-3/h6-8H,4-5,9H2,1-3H3,(H,16,17). The molecule has 0 unspecified atom stereocenters. The fourth-order valence-corrected chi connectivity index (χ4v) is 2.13. The number of nitrogens with one attached hydrogen (secondary N) is 1. The molecule has 5 heteroatoms. The maximum Gasteiger partial charge on any atom is 0.255 e. The second-order valence-electron chi connectivity index (χ2n) is 4.15. The van der Waals surface area contributed by atoms with Crippen molar-refractivity contribution < 1.29 is 9.53 Å². The van der Waals surface area contributed by atoms with Gasteiger partial charge in [-0.15, -0.1) is 11.6 Å². The zero-order chi connectivity index (χ0) is 13.6. The van der Waals surface area contributed by atoms with Gasteiger partial charge in [-0.25, -0.2) is 0 Å². The van der Waals surface area contributed by atoms with Gasteiger partial charge in [0.25, 0.3) is 5.91 Å². The Morgan fingerprint density at radius 1 is 1.50 bits per heavy atom. The van der Waals surface area contributed by atoms with Crippen LogP contribution in [-0.2, 0) is 0 Å². The molecule has 0 spiro atoms. The first-order valence-electron chi connectivity index (χ1n) is 5.99. The van der Waals surface area contributed by atoms with Crippen LogP contribution < -0.4 is 10.1 Å². The molecular formula is C13H19ClN2O2. The number of carbonyl (C=O) groups is 1. The molecule has 1 aromatic heterocycles. The van der Waals surface area contributed by atoms with E-state index < -0.39 is 0 Å². The van der Waals surface area contributed by atoms with Gasteiger partial charge >= 0.3 is 0 Å². The second-order valence-corrected chi connectivity index (χ2v) is 4.42. The van der Waals surface area contributed by atoms with E-state index in [1.54, 1.807) is 12.3 Å². The van der Waals surface area contributed by atoms with Gasteiger partial charge in [-0.2, -0.15) is 0 Å². The number of amides is 1. The first-order valence-corrected chi connectivity index (χ1v) is 6.52. The molecule has 18 heavy (non-hydrogen) atoms. The number of hydrogen-bond donors (Lipinski definition) is 1. The lowest BCUT2D eigenvalue weighted by Crippen LogP contribution is -2.49. The smallest absolute Gasteiger partial charge is 0.255 e. The molecule has 0 radical (unpaired) electrons. The third-order valence-electron chi connectivity index (χ3n) is 3.24. The van der Waals surface area contributed by atoms with E-state index >= 15 is 0 Å². The molecule has 1 amide bonds. The predicted molar refractivity (Wildman–Crippen MR) is 72.3 cm³/mol. The Hall–Kier alpha value is -1.29. The van der Waals surface area contributed by atoms with Crippen molar-refractivity contribution in [1.29, 1.82) is 0 Å². The third kappa shape index (κ3) is 3.13. The number of aromatic nitrogens is 1. The fourth-order valence-electron chi connectivity index (χ4n) is 1.69. The first-order chi connectivity index (χ1) is 8.62. The van der Waals surface area contributed by atoms with Gasteiger partial charge < -0.3 is 10.1 Å². The van der Waals surface area contributed by atoms with Crippen molar-refractivity contribution in [2.75, 3.05) is 13.0 Å². The summed E-state index contributed by atoms with van der Waals surface area (Å²) in [5.74, 6) is 0.670. The van der Waals surface area contributed by atoms with E-state index in [0.29, 0.717) is 17.2 Å². The van der Waals surface area contributed by atoms with E-state index in [2.05, 4.69) is 10.3 Å². The molecule has 100 valence electrons. The summed E-state index contributed by atoms with van der Waals surface area (Å²) in [5.41, 5.74) is 0.108. The van der Waals surface area contributed by atoms with Gasteiger partial charge in [0.15, 0.2) is 0 Å². The molecule has 0 fully saturated rings. The van der Waals surface area contributed by atoms with Crippen LogP contribution in [0.2, 0.25) is 0 Å². The van der Waals surface area contributed by atoms with E-state index in [1.807, 2.05) is 13.8 Å². The third-order valence-corrected chi connectivity index (χ3v) is 3.75. The van der Waals surface area contributed by atoms with Crippen molar-refractivity contribution in [3.63, 3.8) is 0 Å². The number of carbonyl (C=O) groups excluding carboxylic acids is 1. The van der Waals surface area contributed by atoms with Gasteiger partial charge in [-0.3, -0.25) is 9.78 Å². The van der Waals surface area contributed by atoms with E-state index in [4.69, 9.17) is 16.3 Å². The van der Waals surface area contributed by atoms with Crippen molar-refractivity contribution in [2.24, 2.45) is 0 Å². The van der Waals surface area contributed by atoms with E-state index in [9.17, 15) is 4.79 Å². The first kappa shape index (κ1) is 14.8. The lowest BCUT2D eigenvalue weighted by Gasteiger charge is -2.30. The molecule has 1 N–H and O–H groups in total. The molecular weight excluding hydrogens is 252 g/mol. The number of rotatable bonds is 6. The molecule has 0 aliphatic rings. The van der Waals surface area contributed by atoms with Crippen LogP contribution in [0.1, 0.15) is 37.0 Å². The van der Waals surface area contributed by atoms with Crippen molar-refractivity contribution in [2.45, 2.75) is 32.2 Å². The Kier molecular flexibility index (Phi) is 5.41. The highest BCUT2D eigenvalue weighted by Crippen LogP contribution is 2.21. The topological polar surface area (TPSA) is 51.2 Å². The molecule has 0 aliphatic heterocycles. The number of hydrogen-bond acceptors (Lipinski definition) is 3. The maximum atomic E-state index is 12.2. The van der Waals surface area contributed by atoms with Gasteiger partial charge in [0.2, 0.25) is 0 Å². The van der Waals surface area contributed by atoms with Crippen LogP contribution in [0.15, 0.2) is 18.5 Å². The summed E-state index contributed by atoms with van der Waals surface area (Å²) in [5, 5.41) is 2.99. The second kappa shape index (κ2) is 6.59. The summed E-state index contributed by atoms with van der Waals surface area (Å²) in [4.78, 5) is 16.2. The van der Waals surface area contributed by atoms with Crippen LogP contribution in [0.4, 0.5) is 0 Å². The number of methoxy groups -OCH3 is 1. The minimum absolute atomic E-state index is 0.182. The summed E-state index contributed by atoms with van der Waals surface area (Å²) in [6, 6.07) is 1.64. The quantitative estimate of drug-likeness (QED) is 0.809. The number of alkyl halides is 1. The molecule has 1 heterocycles. The largest absolute Gasteiger partial charge is 0.494 e. The summed E-state index contributed by atoms with van der Waals surface area (Å²) in [7, 11) is 1.52. The highest BCUT2D eigenvalue weighted by atomic mass is 35.5. The van der Waals surface area contributed by atoms with Crippen molar-refractivity contribution in [3.8, 4) is 5.75 Å². The molecule has 0 aromatic carbocycles. The Bertz CT molecular complexity index is 397. The fraction of sp³-hybridized carbons (Fsp3) is 0.538. The van der Waals surface area contributed by atoms with Gasteiger partial charge in [-0.05, 0) is 18.9 Å². The molecule has 0 atom stereocenters.